The second-order valence-electron chi connectivity index (χ2n) is 6.11. The number of ether oxygens (including phenoxy) is 2. The van der Waals surface area contributed by atoms with Crippen LogP contribution in [0, 0.1) is 17.3 Å². The van der Waals surface area contributed by atoms with Gasteiger partial charge in [-0.05, 0) is 37.5 Å². The van der Waals surface area contributed by atoms with Crippen molar-refractivity contribution < 1.29 is 9.47 Å². The van der Waals surface area contributed by atoms with Crippen molar-refractivity contribution >= 4 is 23.2 Å². The molecular weight excluding hydrogens is 283 g/mol. The minimum atomic E-state index is -0.296. The molecule has 0 atom stereocenters. The summed E-state index contributed by atoms with van der Waals surface area (Å²) < 4.78 is 11.0. The van der Waals surface area contributed by atoms with Gasteiger partial charge in [-0.1, -0.05) is 19.8 Å². The molecule has 1 saturated carbocycles. The lowest BCUT2D eigenvalue weighted by Crippen LogP contribution is -2.41. The Balaban J connectivity index is 2.74. The molecular formula is C15H28Cl2O2. The van der Waals surface area contributed by atoms with Gasteiger partial charge in [-0.2, -0.15) is 0 Å². The molecule has 0 radical (unpaired) electrons. The largest absolute Gasteiger partial charge is 0.384 e. The Labute approximate surface area is 128 Å². The lowest BCUT2D eigenvalue weighted by atomic mass is 9.65. The van der Waals surface area contributed by atoms with Gasteiger partial charge in [0.2, 0.25) is 0 Å². The second-order valence-corrected chi connectivity index (χ2v) is 7.39. The van der Waals surface area contributed by atoms with Crippen LogP contribution in [0.4, 0.5) is 0 Å². The van der Waals surface area contributed by atoms with E-state index in [2.05, 4.69) is 6.92 Å². The third-order valence-corrected chi connectivity index (χ3v) is 5.04. The molecule has 0 heterocycles. The van der Waals surface area contributed by atoms with Crippen LogP contribution in [0.3, 0.4) is 0 Å². The van der Waals surface area contributed by atoms with Gasteiger partial charge >= 0.3 is 0 Å². The Kier molecular flexibility index (Phi) is 8.05. The van der Waals surface area contributed by atoms with E-state index in [4.69, 9.17) is 32.7 Å². The fourth-order valence-corrected chi connectivity index (χ4v) is 3.69. The van der Waals surface area contributed by atoms with E-state index in [0.29, 0.717) is 5.92 Å². The number of hydrogen-bond donors (Lipinski definition) is 0. The number of halogens is 2. The monoisotopic (exact) mass is 310 g/mol. The second kappa shape index (κ2) is 8.71. The summed E-state index contributed by atoms with van der Waals surface area (Å²) in [5, 5.41) is 0. The van der Waals surface area contributed by atoms with Gasteiger partial charge in [-0.15, -0.1) is 23.2 Å². The topological polar surface area (TPSA) is 18.5 Å². The molecule has 0 N–H and O–H groups in total. The number of rotatable bonds is 8. The fraction of sp³-hybridized carbons (Fsp3) is 1.00. The summed E-state index contributed by atoms with van der Waals surface area (Å²) in [6, 6.07) is 0. The smallest absolute Gasteiger partial charge is 0.107 e. The van der Waals surface area contributed by atoms with Crippen LogP contribution in [0.25, 0.3) is 0 Å². The zero-order valence-corrected chi connectivity index (χ0v) is 14.0. The van der Waals surface area contributed by atoms with E-state index in [0.717, 1.165) is 32.0 Å². The first-order chi connectivity index (χ1) is 9.04. The first-order valence-electron chi connectivity index (χ1n) is 7.30. The van der Waals surface area contributed by atoms with Crippen LogP contribution in [0.15, 0.2) is 0 Å². The summed E-state index contributed by atoms with van der Waals surface area (Å²) in [7, 11) is 3.55. The first-order valence-corrected chi connectivity index (χ1v) is 8.17. The summed E-state index contributed by atoms with van der Waals surface area (Å²) >= 11 is 11.9. The molecule has 0 spiro atoms. The van der Waals surface area contributed by atoms with Gasteiger partial charge in [0.25, 0.3) is 0 Å². The van der Waals surface area contributed by atoms with Gasteiger partial charge in [0, 0.05) is 19.6 Å². The summed E-state index contributed by atoms with van der Waals surface area (Å²) in [5.41, 5.74) is 0.0751. The lowest BCUT2D eigenvalue weighted by molar-refractivity contribution is -0.0501. The van der Waals surface area contributed by atoms with Gasteiger partial charge in [-0.25, -0.2) is 0 Å². The van der Waals surface area contributed by atoms with E-state index in [1.165, 1.54) is 25.7 Å². The quantitative estimate of drug-likeness (QED) is 0.606. The van der Waals surface area contributed by atoms with Crippen molar-refractivity contribution in [1.29, 1.82) is 0 Å². The number of alkyl halides is 2. The molecule has 0 saturated heterocycles. The predicted molar refractivity (Wildman–Crippen MR) is 82.0 cm³/mol. The highest BCUT2D eigenvalue weighted by molar-refractivity contribution is 6.44. The Morgan fingerprint density at radius 1 is 1.05 bits per heavy atom. The summed E-state index contributed by atoms with van der Waals surface area (Å²) in [5.74, 6) is 1.52. The molecule has 1 fully saturated rings. The van der Waals surface area contributed by atoms with Crippen LogP contribution in [0.1, 0.15) is 45.4 Å². The average molecular weight is 311 g/mol. The van der Waals surface area contributed by atoms with Crippen LogP contribution in [-0.4, -0.2) is 32.3 Å². The molecule has 19 heavy (non-hydrogen) atoms. The lowest BCUT2D eigenvalue weighted by Gasteiger charge is -2.43. The Morgan fingerprint density at radius 3 is 2.00 bits per heavy atom. The molecule has 0 aromatic rings. The zero-order valence-electron chi connectivity index (χ0n) is 12.5. The molecule has 0 bridgehead atoms. The van der Waals surface area contributed by atoms with Crippen LogP contribution < -0.4 is 0 Å². The third-order valence-electron chi connectivity index (χ3n) is 4.61. The Hall–Kier alpha value is 0.500. The molecule has 0 aromatic heterocycles. The molecule has 2 nitrogen and oxygen atoms in total. The van der Waals surface area contributed by atoms with E-state index in [9.17, 15) is 0 Å². The Morgan fingerprint density at radius 2 is 1.58 bits per heavy atom. The average Bonchev–Trinajstić information content (AvgIpc) is 2.37. The van der Waals surface area contributed by atoms with Crippen molar-refractivity contribution in [3.63, 3.8) is 0 Å². The molecule has 0 aliphatic heterocycles. The predicted octanol–water partition coefficient (Wildman–Crippen LogP) is 4.68. The molecule has 1 rings (SSSR count). The van der Waals surface area contributed by atoms with E-state index in [1.54, 1.807) is 14.2 Å². The van der Waals surface area contributed by atoms with Crippen LogP contribution in [0.5, 0.6) is 0 Å². The maximum absolute atomic E-state index is 5.93. The van der Waals surface area contributed by atoms with Gasteiger partial charge < -0.3 is 9.47 Å². The summed E-state index contributed by atoms with van der Waals surface area (Å²) in [6.07, 6.45) is 6.94. The van der Waals surface area contributed by atoms with E-state index in [-0.39, 0.29) is 10.3 Å². The number of methoxy groups -OCH3 is 2. The van der Waals surface area contributed by atoms with Gasteiger partial charge in [0.15, 0.2) is 0 Å². The minimum absolute atomic E-state index is 0.0751. The molecule has 1 aliphatic carbocycles. The van der Waals surface area contributed by atoms with Gasteiger partial charge in [0.05, 0.1) is 13.2 Å². The van der Waals surface area contributed by atoms with Crippen molar-refractivity contribution in [3.8, 4) is 0 Å². The van der Waals surface area contributed by atoms with Crippen molar-refractivity contribution in [2.24, 2.45) is 17.3 Å². The van der Waals surface area contributed by atoms with Crippen LogP contribution in [-0.2, 0) is 9.47 Å². The molecule has 1 aliphatic rings. The number of hydrogen-bond acceptors (Lipinski definition) is 2. The van der Waals surface area contributed by atoms with Crippen LogP contribution in [0.2, 0.25) is 0 Å². The molecule has 4 heteroatoms. The highest BCUT2D eigenvalue weighted by Gasteiger charge is 2.40. The highest BCUT2D eigenvalue weighted by Crippen LogP contribution is 2.44. The van der Waals surface area contributed by atoms with Crippen molar-refractivity contribution in [2.45, 2.75) is 50.3 Å². The fourth-order valence-electron chi connectivity index (χ4n) is 3.47. The van der Waals surface area contributed by atoms with E-state index in [1.807, 2.05) is 0 Å². The molecule has 0 aromatic carbocycles. The minimum Gasteiger partial charge on any atom is -0.384 e. The summed E-state index contributed by atoms with van der Waals surface area (Å²) in [6.45, 7) is 3.82. The Bertz CT molecular complexity index is 232. The zero-order chi connectivity index (χ0) is 14.3. The van der Waals surface area contributed by atoms with Gasteiger partial charge in [-0.3, -0.25) is 0 Å². The van der Waals surface area contributed by atoms with Crippen molar-refractivity contribution in [2.75, 3.05) is 27.4 Å². The SMILES string of the molecule is COCC(CCC(Cl)Cl)(COC)C1CCC(C)CC1. The van der Waals surface area contributed by atoms with Gasteiger partial charge in [0.1, 0.15) is 4.84 Å². The first kappa shape index (κ1) is 17.6. The van der Waals surface area contributed by atoms with E-state index >= 15 is 0 Å². The maximum Gasteiger partial charge on any atom is 0.107 e. The molecule has 0 amide bonds. The highest BCUT2D eigenvalue weighted by atomic mass is 35.5. The standard InChI is InChI=1S/C15H28Cl2O2/c1-12-4-6-13(7-5-12)15(10-18-2,11-19-3)9-8-14(16)17/h12-14H,4-11H2,1-3H3. The van der Waals surface area contributed by atoms with Crippen molar-refractivity contribution in [3.05, 3.63) is 0 Å². The molecule has 0 unspecified atom stereocenters. The molecule has 114 valence electrons. The third kappa shape index (κ3) is 5.41. The normalized spacial score (nSPS) is 24.9. The maximum atomic E-state index is 5.93. The summed E-state index contributed by atoms with van der Waals surface area (Å²) in [4.78, 5) is -0.296. The van der Waals surface area contributed by atoms with Crippen molar-refractivity contribution in [1.82, 2.24) is 0 Å². The van der Waals surface area contributed by atoms with E-state index < -0.39 is 0 Å². The van der Waals surface area contributed by atoms with Crippen LogP contribution >= 0.6 is 23.2 Å².